The maximum atomic E-state index is 15.0. The van der Waals surface area contributed by atoms with Gasteiger partial charge >= 0.3 is 0 Å². The number of carbonyl (C=O) groups excluding carboxylic acids is 1. The number of nitrogens with zero attached hydrogens (tertiary/aromatic N) is 3. The Balaban J connectivity index is 1.53. The zero-order valence-electron chi connectivity index (χ0n) is 19.3. The van der Waals surface area contributed by atoms with E-state index >= 15 is 4.39 Å². The van der Waals surface area contributed by atoms with Gasteiger partial charge in [-0.1, -0.05) is 11.8 Å². The van der Waals surface area contributed by atoms with Gasteiger partial charge in [0.25, 0.3) is 5.91 Å². The number of fused-ring (bicyclic) bond motifs is 1. The Labute approximate surface area is 190 Å². The van der Waals surface area contributed by atoms with Crippen LogP contribution in [0.5, 0.6) is 0 Å². The van der Waals surface area contributed by atoms with Crippen molar-refractivity contribution in [2.24, 2.45) is 5.73 Å². The summed E-state index contributed by atoms with van der Waals surface area (Å²) in [4.78, 5) is 19.1. The molecule has 0 aliphatic carbocycles. The van der Waals surface area contributed by atoms with Crippen LogP contribution in [0.15, 0.2) is 36.4 Å². The third kappa shape index (κ3) is 4.64. The Bertz CT molecular complexity index is 1090. The fourth-order valence-corrected chi connectivity index (χ4v) is 4.35. The van der Waals surface area contributed by atoms with Gasteiger partial charge in [-0.3, -0.25) is 4.79 Å². The fraction of sp³-hybridized carbons (Fsp3) is 0.423. The summed E-state index contributed by atoms with van der Waals surface area (Å²) in [6.07, 6.45) is 1.72. The van der Waals surface area contributed by atoms with Crippen molar-refractivity contribution in [1.29, 1.82) is 0 Å². The van der Waals surface area contributed by atoms with E-state index in [1.807, 2.05) is 38.1 Å². The van der Waals surface area contributed by atoms with Crippen molar-refractivity contribution in [3.63, 3.8) is 0 Å². The highest BCUT2D eigenvalue weighted by Gasteiger charge is 2.28. The van der Waals surface area contributed by atoms with Crippen molar-refractivity contribution in [1.82, 2.24) is 4.90 Å². The van der Waals surface area contributed by atoms with Crippen LogP contribution in [0.4, 0.5) is 15.8 Å². The van der Waals surface area contributed by atoms with Gasteiger partial charge in [0, 0.05) is 42.5 Å². The molecule has 0 unspecified atom stereocenters. The van der Waals surface area contributed by atoms with Gasteiger partial charge in [-0.05, 0) is 82.7 Å². The molecule has 0 saturated carbocycles. The first-order valence-electron chi connectivity index (χ1n) is 11.1. The predicted octanol–water partition coefficient (Wildman–Crippen LogP) is 3.26. The van der Waals surface area contributed by atoms with Crippen molar-refractivity contribution in [2.45, 2.75) is 38.3 Å². The lowest BCUT2D eigenvalue weighted by Crippen LogP contribution is -2.37. The van der Waals surface area contributed by atoms with Gasteiger partial charge in [-0.15, -0.1) is 0 Å². The molecule has 2 N–H and O–H groups in total. The lowest BCUT2D eigenvalue weighted by molar-refractivity contribution is 0.0980. The number of anilines is 2. The second-order valence-corrected chi connectivity index (χ2v) is 9.54. The molecule has 1 atom stereocenters. The van der Waals surface area contributed by atoms with Crippen LogP contribution in [0, 0.1) is 17.7 Å². The molecular formula is C26H31FN4O. The van der Waals surface area contributed by atoms with Crippen LogP contribution < -0.4 is 15.5 Å². The molecular weight excluding hydrogens is 403 g/mol. The van der Waals surface area contributed by atoms with E-state index < -0.39 is 5.54 Å². The van der Waals surface area contributed by atoms with Gasteiger partial charge < -0.3 is 20.4 Å². The molecule has 1 fully saturated rings. The standard InChI is InChI=1S/C26H31FN4O/c1-26(2,28)12-9-18-5-7-22-19(15-18)10-14-31(25(22)32)20-6-8-24(23(27)16-20)30-13-11-21(17-30)29(3)4/h5-8,15-16,21H,10-11,13-14,17,28H2,1-4H3/t21-/m1/s1. The maximum absolute atomic E-state index is 15.0. The molecule has 2 heterocycles. The first-order chi connectivity index (χ1) is 15.1. The molecule has 1 amide bonds. The minimum atomic E-state index is -0.568. The normalized spacial score (nSPS) is 18.6. The molecule has 6 heteroatoms. The van der Waals surface area contributed by atoms with Crippen molar-refractivity contribution in [3.8, 4) is 11.8 Å². The molecule has 2 aliphatic rings. The summed E-state index contributed by atoms with van der Waals surface area (Å²) in [7, 11) is 4.11. The summed E-state index contributed by atoms with van der Waals surface area (Å²) in [5.41, 5.74) is 9.03. The largest absolute Gasteiger partial charge is 0.368 e. The van der Waals surface area contributed by atoms with Crippen molar-refractivity contribution in [3.05, 3.63) is 58.9 Å². The van der Waals surface area contributed by atoms with E-state index in [1.165, 1.54) is 6.07 Å². The van der Waals surface area contributed by atoms with Crippen molar-refractivity contribution in [2.75, 3.05) is 43.5 Å². The first-order valence-corrected chi connectivity index (χ1v) is 11.1. The molecule has 0 spiro atoms. The summed E-state index contributed by atoms with van der Waals surface area (Å²) in [6.45, 7) is 5.87. The van der Waals surface area contributed by atoms with Gasteiger partial charge in [0.2, 0.25) is 0 Å². The van der Waals surface area contributed by atoms with Crippen LogP contribution >= 0.6 is 0 Å². The third-order valence-corrected chi connectivity index (χ3v) is 6.19. The second-order valence-electron chi connectivity index (χ2n) is 9.54. The van der Waals surface area contributed by atoms with E-state index in [4.69, 9.17) is 5.73 Å². The smallest absolute Gasteiger partial charge is 0.258 e. The summed E-state index contributed by atoms with van der Waals surface area (Å²) >= 11 is 0. The van der Waals surface area contributed by atoms with Crippen LogP contribution in [0.2, 0.25) is 0 Å². The Morgan fingerprint density at radius 2 is 1.94 bits per heavy atom. The van der Waals surface area contributed by atoms with Crippen molar-refractivity contribution >= 4 is 17.3 Å². The number of benzene rings is 2. The summed E-state index contributed by atoms with van der Waals surface area (Å²) < 4.78 is 15.0. The Kier molecular flexibility index (Phi) is 5.98. The predicted molar refractivity (Wildman–Crippen MR) is 128 cm³/mol. The van der Waals surface area contributed by atoms with E-state index in [0.717, 1.165) is 30.6 Å². The van der Waals surface area contributed by atoms with Gasteiger partial charge in [-0.25, -0.2) is 4.39 Å². The zero-order valence-corrected chi connectivity index (χ0v) is 19.3. The number of carbonyl (C=O) groups is 1. The number of amides is 1. The lowest BCUT2D eigenvalue weighted by Gasteiger charge is -2.29. The highest BCUT2D eigenvalue weighted by Crippen LogP contribution is 2.31. The lowest BCUT2D eigenvalue weighted by atomic mass is 9.96. The van der Waals surface area contributed by atoms with Crippen molar-refractivity contribution < 1.29 is 9.18 Å². The molecule has 2 aliphatic heterocycles. The molecule has 0 bridgehead atoms. The van der Waals surface area contributed by atoms with Gasteiger partial charge in [0.15, 0.2) is 0 Å². The maximum Gasteiger partial charge on any atom is 0.258 e. The minimum Gasteiger partial charge on any atom is -0.368 e. The SMILES string of the molecule is CN(C)[C@@H]1CCN(c2ccc(N3CCc4cc(C#CC(C)(C)N)ccc4C3=O)cc2F)C1. The van der Waals surface area contributed by atoms with E-state index in [2.05, 4.69) is 35.7 Å². The van der Waals surface area contributed by atoms with Crippen LogP contribution in [0.25, 0.3) is 0 Å². The monoisotopic (exact) mass is 434 g/mol. The highest BCUT2D eigenvalue weighted by atomic mass is 19.1. The number of hydrogen-bond donors (Lipinski definition) is 1. The van der Waals surface area contributed by atoms with E-state index in [9.17, 15) is 4.79 Å². The average molecular weight is 435 g/mol. The highest BCUT2D eigenvalue weighted by molar-refractivity contribution is 6.08. The quantitative estimate of drug-likeness (QED) is 0.754. The molecule has 2 aromatic rings. The zero-order chi connectivity index (χ0) is 23.0. The van der Waals surface area contributed by atoms with Gasteiger partial charge in [0.05, 0.1) is 11.2 Å². The van der Waals surface area contributed by atoms with Crippen LogP contribution in [-0.4, -0.2) is 56.1 Å². The van der Waals surface area contributed by atoms with E-state index in [0.29, 0.717) is 35.9 Å². The van der Waals surface area contributed by atoms with Crippen LogP contribution in [-0.2, 0) is 6.42 Å². The number of likely N-dealkylation sites (N-methyl/N-ethyl adjacent to an activating group) is 1. The molecule has 5 nitrogen and oxygen atoms in total. The van der Waals surface area contributed by atoms with Gasteiger partial charge in [-0.2, -0.15) is 0 Å². The van der Waals surface area contributed by atoms with Gasteiger partial charge in [0.1, 0.15) is 5.82 Å². The second kappa shape index (κ2) is 8.57. The third-order valence-electron chi connectivity index (χ3n) is 6.19. The number of hydrogen-bond acceptors (Lipinski definition) is 4. The van der Waals surface area contributed by atoms with Crippen LogP contribution in [0.3, 0.4) is 0 Å². The van der Waals surface area contributed by atoms with E-state index in [1.54, 1.807) is 11.0 Å². The minimum absolute atomic E-state index is 0.106. The molecule has 0 radical (unpaired) electrons. The molecule has 32 heavy (non-hydrogen) atoms. The van der Waals surface area contributed by atoms with E-state index in [-0.39, 0.29) is 11.7 Å². The van der Waals surface area contributed by atoms with Crippen LogP contribution in [0.1, 0.15) is 41.8 Å². The first kappa shape index (κ1) is 22.3. The molecule has 1 saturated heterocycles. The molecule has 0 aromatic heterocycles. The fourth-order valence-electron chi connectivity index (χ4n) is 4.35. The molecule has 168 valence electrons. The Hall–Kier alpha value is -2.88. The molecule has 2 aromatic carbocycles. The number of nitrogens with two attached hydrogens (primary N) is 1. The summed E-state index contributed by atoms with van der Waals surface area (Å²) in [5.74, 6) is 5.72. The summed E-state index contributed by atoms with van der Waals surface area (Å²) in [5, 5.41) is 0. The number of halogens is 1. The summed E-state index contributed by atoms with van der Waals surface area (Å²) in [6, 6.07) is 11.2. The number of rotatable bonds is 3. The topological polar surface area (TPSA) is 52.8 Å². The molecule has 4 rings (SSSR count). The Morgan fingerprint density at radius 3 is 2.59 bits per heavy atom. The Morgan fingerprint density at radius 1 is 1.16 bits per heavy atom. The average Bonchev–Trinajstić information content (AvgIpc) is 3.22.